The van der Waals surface area contributed by atoms with Crippen LogP contribution in [-0.2, 0) is 12.8 Å². The van der Waals surface area contributed by atoms with Gasteiger partial charge in [-0.05, 0) is 23.3 Å². The lowest BCUT2D eigenvalue weighted by molar-refractivity contribution is 0.0497. The number of halogens is 1. The third-order valence-electron chi connectivity index (χ3n) is 3.49. The fourth-order valence-corrected chi connectivity index (χ4v) is 2.44. The van der Waals surface area contributed by atoms with E-state index in [0.717, 1.165) is 11.3 Å². The molecule has 1 heterocycles. The average molecular weight is 258 g/mol. The highest BCUT2D eigenvalue weighted by molar-refractivity contribution is 5.37. The third-order valence-corrected chi connectivity index (χ3v) is 3.49. The summed E-state index contributed by atoms with van der Waals surface area (Å²) in [5.41, 5.74) is 1.62. The summed E-state index contributed by atoms with van der Waals surface area (Å²) in [7, 11) is 0. The number of fused-ring (bicyclic) bond motifs is 1. The van der Waals surface area contributed by atoms with E-state index >= 15 is 0 Å². The minimum absolute atomic E-state index is 0.269. The number of hydrogen-bond donors (Lipinski definition) is 1. The van der Waals surface area contributed by atoms with Gasteiger partial charge < -0.3 is 9.84 Å². The van der Waals surface area contributed by atoms with Gasteiger partial charge in [0, 0.05) is 12.8 Å². The second kappa shape index (κ2) is 5.02. The van der Waals surface area contributed by atoms with Crippen LogP contribution in [-0.4, -0.2) is 17.3 Å². The Bertz CT molecular complexity index is 557. The summed E-state index contributed by atoms with van der Waals surface area (Å²) in [6.45, 7) is 0. The van der Waals surface area contributed by atoms with Crippen molar-refractivity contribution < 1.29 is 14.2 Å². The van der Waals surface area contributed by atoms with Gasteiger partial charge in [0.25, 0.3) is 0 Å². The van der Waals surface area contributed by atoms with Gasteiger partial charge in [0.05, 0.1) is 6.10 Å². The number of ether oxygens (including phenoxy) is 1. The van der Waals surface area contributed by atoms with Crippen LogP contribution in [0.25, 0.3) is 0 Å². The molecule has 0 fully saturated rings. The van der Waals surface area contributed by atoms with Gasteiger partial charge in [-0.2, -0.15) is 0 Å². The molecular formula is C16H15FO2. The molecule has 2 atom stereocenters. The zero-order valence-electron chi connectivity index (χ0n) is 10.4. The summed E-state index contributed by atoms with van der Waals surface area (Å²) < 4.78 is 19.3. The minimum Gasteiger partial charge on any atom is -0.487 e. The molecule has 2 aromatic carbocycles. The number of aliphatic hydroxyl groups excluding tert-OH is 1. The molecule has 98 valence electrons. The molecule has 0 spiro atoms. The van der Waals surface area contributed by atoms with E-state index in [4.69, 9.17) is 4.74 Å². The van der Waals surface area contributed by atoms with Gasteiger partial charge in [0.1, 0.15) is 17.7 Å². The molecule has 19 heavy (non-hydrogen) atoms. The van der Waals surface area contributed by atoms with Crippen LogP contribution in [0.1, 0.15) is 11.1 Å². The number of rotatable bonds is 3. The van der Waals surface area contributed by atoms with Crippen molar-refractivity contribution in [2.75, 3.05) is 0 Å². The number of para-hydroxylation sites is 1. The summed E-state index contributed by atoms with van der Waals surface area (Å²) in [6.07, 6.45) is -0.0572. The lowest BCUT2D eigenvalue weighted by Crippen LogP contribution is -2.32. The molecule has 0 aliphatic carbocycles. The first-order chi connectivity index (χ1) is 9.24. The van der Waals surface area contributed by atoms with E-state index in [2.05, 4.69) is 0 Å². The van der Waals surface area contributed by atoms with Gasteiger partial charge in [-0.3, -0.25) is 0 Å². The normalized spacial score (nSPS) is 18.7. The molecule has 2 aromatic rings. The van der Waals surface area contributed by atoms with Crippen molar-refractivity contribution in [1.29, 1.82) is 0 Å². The summed E-state index contributed by atoms with van der Waals surface area (Å²) in [6, 6.07) is 14.3. The summed E-state index contributed by atoms with van der Waals surface area (Å²) in [4.78, 5) is 0. The Morgan fingerprint density at radius 2 is 1.89 bits per heavy atom. The van der Waals surface area contributed by atoms with Crippen LogP contribution >= 0.6 is 0 Å². The number of hydrogen-bond acceptors (Lipinski definition) is 2. The Balaban J connectivity index is 1.70. The van der Waals surface area contributed by atoms with E-state index in [9.17, 15) is 9.50 Å². The molecule has 2 unspecified atom stereocenters. The van der Waals surface area contributed by atoms with Gasteiger partial charge in [0.2, 0.25) is 0 Å². The highest BCUT2D eigenvalue weighted by Crippen LogP contribution is 2.30. The molecule has 0 saturated heterocycles. The highest BCUT2D eigenvalue weighted by Gasteiger charge is 2.29. The molecule has 3 heteroatoms. The van der Waals surface area contributed by atoms with Crippen molar-refractivity contribution in [2.45, 2.75) is 25.0 Å². The fraction of sp³-hybridized carbons (Fsp3) is 0.250. The smallest absolute Gasteiger partial charge is 0.129 e. The highest BCUT2D eigenvalue weighted by atomic mass is 19.1. The molecule has 1 aliphatic rings. The Labute approximate surface area is 111 Å². The van der Waals surface area contributed by atoms with E-state index in [1.807, 2.05) is 24.3 Å². The zero-order valence-corrected chi connectivity index (χ0v) is 10.4. The van der Waals surface area contributed by atoms with Crippen LogP contribution in [0, 0.1) is 5.82 Å². The summed E-state index contributed by atoms with van der Waals surface area (Å²) in [5, 5.41) is 10.2. The van der Waals surface area contributed by atoms with Gasteiger partial charge in [-0.25, -0.2) is 4.39 Å². The van der Waals surface area contributed by atoms with Crippen molar-refractivity contribution in [1.82, 2.24) is 0 Å². The van der Waals surface area contributed by atoms with Crippen molar-refractivity contribution in [3.63, 3.8) is 0 Å². The van der Waals surface area contributed by atoms with Crippen molar-refractivity contribution in [3.05, 3.63) is 65.5 Å². The van der Waals surface area contributed by atoms with Crippen molar-refractivity contribution in [2.24, 2.45) is 0 Å². The lowest BCUT2D eigenvalue weighted by atomic mass is 10.00. The Morgan fingerprint density at radius 3 is 2.68 bits per heavy atom. The Morgan fingerprint density at radius 1 is 1.16 bits per heavy atom. The SMILES string of the molecule is OC(Cc1ccccc1F)C1Cc2ccccc2O1. The van der Waals surface area contributed by atoms with Crippen molar-refractivity contribution >= 4 is 0 Å². The minimum atomic E-state index is -0.704. The van der Waals surface area contributed by atoms with E-state index in [1.54, 1.807) is 18.2 Å². The quantitative estimate of drug-likeness (QED) is 0.917. The molecule has 3 rings (SSSR count). The zero-order chi connectivity index (χ0) is 13.2. The first-order valence-electron chi connectivity index (χ1n) is 6.40. The van der Waals surface area contributed by atoms with E-state index < -0.39 is 6.10 Å². The maximum atomic E-state index is 13.5. The number of aliphatic hydroxyl groups is 1. The van der Waals surface area contributed by atoms with Crippen LogP contribution < -0.4 is 4.74 Å². The molecule has 0 radical (unpaired) electrons. The fourth-order valence-electron chi connectivity index (χ4n) is 2.44. The second-order valence-electron chi connectivity index (χ2n) is 4.83. The Kier molecular flexibility index (Phi) is 3.22. The summed E-state index contributed by atoms with van der Waals surface area (Å²) >= 11 is 0. The standard InChI is InChI=1S/C16H15FO2/c17-13-7-3-1-5-11(13)9-14(18)16-10-12-6-2-4-8-15(12)19-16/h1-8,14,16,18H,9-10H2. The lowest BCUT2D eigenvalue weighted by Gasteiger charge is -2.18. The van der Waals surface area contributed by atoms with Crippen LogP contribution in [0.2, 0.25) is 0 Å². The molecule has 1 N–H and O–H groups in total. The van der Waals surface area contributed by atoms with Crippen LogP contribution in [0.5, 0.6) is 5.75 Å². The molecule has 1 aliphatic heterocycles. The predicted molar refractivity (Wildman–Crippen MR) is 70.7 cm³/mol. The molecule has 0 amide bonds. The molecule has 2 nitrogen and oxygen atoms in total. The largest absolute Gasteiger partial charge is 0.487 e. The summed E-state index contributed by atoms with van der Waals surface area (Å²) in [5.74, 6) is 0.539. The predicted octanol–water partition coefficient (Wildman–Crippen LogP) is 2.73. The Hall–Kier alpha value is -1.87. The maximum Gasteiger partial charge on any atom is 0.129 e. The van der Waals surface area contributed by atoms with Crippen LogP contribution in [0.15, 0.2) is 48.5 Å². The van der Waals surface area contributed by atoms with E-state index in [0.29, 0.717) is 12.0 Å². The molecule has 0 saturated carbocycles. The second-order valence-corrected chi connectivity index (χ2v) is 4.83. The topological polar surface area (TPSA) is 29.5 Å². The molecular weight excluding hydrogens is 243 g/mol. The maximum absolute atomic E-state index is 13.5. The first kappa shape index (κ1) is 12.2. The average Bonchev–Trinajstić information content (AvgIpc) is 2.85. The van der Waals surface area contributed by atoms with Gasteiger partial charge in [0.15, 0.2) is 0 Å². The van der Waals surface area contributed by atoms with Crippen molar-refractivity contribution in [3.8, 4) is 5.75 Å². The molecule has 0 bridgehead atoms. The van der Waals surface area contributed by atoms with Gasteiger partial charge in [-0.1, -0.05) is 36.4 Å². The van der Waals surface area contributed by atoms with Gasteiger partial charge in [-0.15, -0.1) is 0 Å². The first-order valence-corrected chi connectivity index (χ1v) is 6.40. The van der Waals surface area contributed by atoms with E-state index in [1.165, 1.54) is 6.07 Å². The molecule has 0 aromatic heterocycles. The monoisotopic (exact) mass is 258 g/mol. The number of benzene rings is 2. The third kappa shape index (κ3) is 2.47. The van der Waals surface area contributed by atoms with Gasteiger partial charge >= 0.3 is 0 Å². The van der Waals surface area contributed by atoms with E-state index in [-0.39, 0.29) is 18.3 Å². The van der Waals surface area contributed by atoms with Crippen LogP contribution in [0.3, 0.4) is 0 Å². The van der Waals surface area contributed by atoms with Crippen LogP contribution in [0.4, 0.5) is 4.39 Å².